The number of nitrogens with zero attached hydrogens (tertiary/aromatic N) is 4. The molecule has 6 nitrogen and oxygen atoms in total. The lowest BCUT2D eigenvalue weighted by Crippen LogP contribution is -2.38. The fraction of sp³-hybridized carbons (Fsp3) is 0.412. The average Bonchev–Trinajstić information content (AvgIpc) is 2.96. The van der Waals surface area contributed by atoms with Gasteiger partial charge in [0, 0.05) is 18.7 Å². The Morgan fingerprint density at radius 2 is 1.87 bits per heavy atom. The van der Waals surface area contributed by atoms with Crippen LogP contribution in [0.3, 0.4) is 0 Å². The number of aryl methyl sites for hydroxylation is 1. The van der Waals surface area contributed by atoms with Gasteiger partial charge in [-0.2, -0.15) is 10.5 Å². The lowest BCUT2D eigenvalue weighted by atomic mass is 10.1. The molecule has 0 spiro atoms. The van der Waals surface area contributed by atoms with Crippen molar-refractivity contribution < 1.29 is 9.59 Å². The first-order chi connectivity index (χ1) is 11.1. The van der Waals surface area contributed by atoms with Crippen LogP contribution in [-0.2, 0) is 16.0 Å². The first-order valence-corrected chi connectivity index (χ1v) is 7.52. The van der Waals surface area contributed by atoms with E-state index in [1.54, 1.807) is 4.90 Å². The monoisotopic (exact) mass is 310 g/mol. The van der Waals surface area contributed by atoms with Crippen molar-refractivity contribution in [1.29, 1.82) is 10.5 Å². The third-order valence-electron chi connectivity index (χ3n) is 3.97. The predicted molar refractivity (Wildman–Crippen MR) is 84.1 cm³/mol. The van der Waals surface area contributed by atoms with Crippen LogP contribution < -0.4 is 4.90 Å². The molecule has 0 saturated carbocycles. The van der Waals surface area contributed by atoms with E-state index in [4.69, 9.17) is 10.5 Å². The molecule has 6 heteroatoms. The molecule has 0 aromatic heterocycles. The summed E-state index contributed by atoms with van der Waals surface area (Å²) < 4.78 is 0. The van der Waals surface area contributed by atoms with Crippen molar-refractivity contribution in [2.24, 2.45) is 5.92 Å². The van der Waals surface area contributed by atoms with Crippen LogP contribution in [0.1, 0.15) is 18.9 Å². The van der Waals surface area contributed by atoms with Gasteiger partial charge in [-0.3, -0.25) is 9.59 Å². The van der Waals surface area contributed by atoms with Gasteiger partial charge in [-0.05, 0) is 24.1 Å². The Morgan fingerprint density at radius 3 is 2.39 bits per heavy atom. The Balaban J connectivity index is 2.10. The fourth-order valence-corrected chi connectivity index (χ4v) is 2.67. The molecule has 0 radical (unpaired) electrons. The van der Waals surface area contributed by atoms with Gasteiger partial charge in [0.2, 0.25) is 11.8 Å². The molecule has 1 heterocycles. The maximum Gasteiger partial charge on any atom is 0.229 e. The zero-order valence-electron chi connectivity index (χ0n) is 13.0. The molecular weight excluding hydrogens is 292 g/mol. The topological polar surface area (TPSA) is 88.2 Å². The lowest BCUT2D eigenvalue weighted by Gasteiger charge is -2.21. The van der Waals surface area contributed by atoms with Crippen LogP contribution in [0.5, 0.6) is 0 Å². The summed E-state index contributed by atoms with van der Waals surface area (Å²) in [6.45, 7) is 2.07. The molecule has 2 amide bonds. The lowest BCUT2D eigenvalue weighted by molar-refractivity contribution is -0.134. The maximum atomic E-state index is 12.4. The summed E-state index contributed by atoms with van der Waals surface area (Å²) in [7, 11) is 0. The van der Waals surface area contributed by atoms with Gasteiger partial charge < -0.3 is 9.80 Å². The molecule has 2 rings (SSSR count). The molecule has 0 bridgehead atoms. The van der Waals surface area contributed by atoms with E-state index < -0.39 is 5.92 Å². The second-order valence-corrected chi connectivity index (χ2v) is 5.44. The van der Waals surface area contributed by atoms with E-state index in [-0.39, 0.29) is 37.9 Å². The molecule has 1 aromatic carbocycles. The predicted octanol–water partition coefficient (Wildman–Crippen LogP) is 1.48. The molecule has 0 N–H and O–H groups in total. The second-order valence-electron chi connectivity index (χ2n) is 5.44. The molecule has 0 unspecified atom stereocenters. The summed E-state index contributed by atoms with van der Waals surface area (Å²) in [5.74, 6) is -0.925. The summed E-state index contributed by atoms with van der Waals surface area (Å²) in [5.41, 5.74) is 1.96. The SMILES string of the molecule is CCc1ccc(N2C[C@H](C(=O)N(CC#N)CC#N)CC2=O)cc1. The van der Waals surface area contributed by atoms with Crippen LogP contribution in [0.2, 0.25) is 0 Å². The van der Waals surface area contributed by atoms with E-state index in [9.17, 15) is 9.59 Å². The van der Waals surface area contributed by atoms with Crippen LogP contribution in [0.4, 0.5) is 5.69 Å². The number of carbonyl (C=O) groups excluding carboxylic acids is 2. The van der Waals surface area contributed by atoms with Crippen molar-refractivity contribution in [3.05, 3.63) is 29.8 Å². The van der Waals surface area contributed by atoms with Crippen molar-refractivity contribution in [1.82, 2.24) is 4.90 Å². The van der Waals surface area contributed by atoms with Crippen LogP contribution in [0.25, 0.3) is 0 Å². The normalized spacial score (nSPS) is 16.7. The highest BCUT2D eigenvalue weighted by molar-refractivity contribution is 6.00. The molecule has 1 aliphatic heterocycles. The quantitative estimate of drug-likeness (QED) is 0.771. The van der Waals surface area contributed by atoms with Gasteiger partial charge in [0.05, 0.1) is 18.1 Å². The number of carbonyl (C=O) groups is 2. The highest BCUT2D eigenvalue weighted by atomic mass is 16.2. The Hall–Kier alpha value is -2.86. The molecule has 1 saturated heterocycles. The zero-order chi connectivity index (χ0) is 16.8. The van der Waals surface area contributed by atoms with Crippen LogP contribution in [0.15, 0.2) is 24.3 Å². The van der Waals surface area contributed by atoms with E-state index >= 15 is 0 Å². The third kappa shape index (κ3) is 3.67. The Morgan fingerprint density at radius 1 is 1.26 bits per heavy atom. The van der Waals surface area contributed by atoms with E-state index in [0.29, 0.717) is 0 Å². The molecule has 118 valence electrons. The molecule has 1 aromatic rings. The fourth-order valence-electron chi connectivity index (χ4n) is 2.67. The van der Waals surface area contributed by atoms with Crippen molar-refractivity contribution in [3.63, 3.8) is 0 Å². The van der Waals surface area contributed by atoms with Gasteiger partial charge in [-0.15, -0.1) is 0 Å². The van der Waals surface area contributed by atoms with Crippen LogP contribution in [-0.4, -0.2) is 36.3 Å². The number of nitriles is 2. The van der Waals surface area contributed by atoms with Gasteiger partial charge in [-0.1, -0.05) is 19.1 Å². The standard InChI is InChI=1S/C17H18N4O2/c1-2-13-3-5-15(6-4-13)21-12-14(11-16(21)22)17(23)20(9-7-18)10-8-19/h3-6,14H,2,9-12H2,1H3/t14-/m1/s1. The van der Waals surface area contributed by atoms with Crippen molar-refractivity contribution in [2.45, 2.75) is 19.8 Å². The zero-order valence-corrected chi connectivity index (χ0v) is 13.0. The highest BCUT2D eigenvalue weighted by Crippen LogP contribution is 2.26. The number of hydrogen-bond acceptors (Lipinski definition) is 4. The Kier molecular flexibility index (Phi) is 5.32. The largest absolute Gasteiger partial charge is 0.316 e. The van der Waals surface area contributed by atoms with Crippen molar-refractivity contribution in [3.8, 4) is 12.1 Å². The van der Waals surface area contributed by atoms with Gasteiger partial charge in [-0.25, -0.2) is 0 Å². The second kappa shape index (κ2) is 7.42. The molecule has 0 aliphatic carbocycles. The van der Waals surface area contributed by atoms with Gasteiger partial charge in [0.1, 0.15) is 13.1 Å². The first-order valence-electron chi connectivity index (χ1n) is 7.52. The van der Waals surface area contributed by atoms with E-state index in [1.165, 1.54) is 10.5 Å². The number of anilines is 1. The van der Waals surface area contributed by atoms with Crippen molar-refractivity contribution >= 4 is 17.5 Å². The van der Waals surface area contributed by atoms with Gasteiger partial charge in [0.25, 0.3) is 0 Å². The third-order valence-corrected chi connectivity index (χ3v) is 3.97. The number of benzene rings is 1. The maximum absolute atomic E-state index is 12.4. The summed E-state index contributed by atoms with van der Waals surface area (Å²) in [6.07, 6.45) is 1.04. The molecule has 23 heavy (non-hydrogen) atoms. The molecular formula is C17H18N4O2. The van der Waals surface area contributed by atoms with E-state index in [1.807, 2.05) is 36.4 Å². The minimum Gasteiger partial charge on any atom is -0.316 e. The summed E-state index contributed by atoms with van der Waals surface area (Å²) in [6, 6.07) is 11.5. The minimum atomic E-state index is -0.505. The smallest absolute Gasteiger partial charge is 0.229 e. The number of rotatable bonds is 5. The minimum absolute atomic E-state index is 0.110. The summed E-state index contributed by atoms with van der Waals surface area (Å²) >= 11 is 0. The average molecular weight is 310 g/mol. The Labute approximate surface area is 135 Å². The van der Waals surface area contributed by atoms with Gasteiger partial charge >= 0.3 is 0 Å². The summed E-state index contributed by atoms with van der Waals surface area (Å²) in [5, 5.41) is 17.5. The van der Waals surface area contributed by atoms with Crippen molar-refractivity contribution in [2.75, 3.05) is 24.5 Å². The van der Waals surface area contributed by atoms with E-state index in [0.717, 1.165) is 12.1 Å². The molecule has 1 aliphatic rings. The number of amides is 2. The highest BCUT2D eigenvalue weighted by Gasteiger charge is 2.37. The van der Waals surface area contributed by atoms with Gasteiger partial charge in [0.15, 0.2) is 0 Å². The first kappa shape index (κ1) is 16.5. The summed E-state index contributed by atoms with van der Waals surface area (Å²) in [4.78, 5) is 27.4. The molecule has 1 fully saturated rings. The van der Waals surface area contributed by atoms with E-state index in [2.05, 4.69) is 6.92 Å². The molecule has 1 atom stereocenters. The van der Waals surface area contributed by atoms with Crippen LogP contribution in [0, 0.1) is 28.6 Å². The Bertz CT molecular complexity index is 653. The number of hydrogen-bond donors (Lipinski definition) is 0. The van der Waals surface area contributed by atoms with Crippen LogP contribution >= 0.6 is 0 Å².